The number of rotatable bonds is 4. The Morgan fingerprint density at radius 2 is 1.87 bits per heavy atom. The highest BCUT2D eigenvalue weighted by atomic mass is 79.9. The first-order chi connectivity index (χ1) is 11.2. The molecule has 3 rings (SSSR count). The minimum Gasteiger partial charge on any atom is -0.490 e. The number of amides is 1. The second-order valence-electron chi connectivity index (χ2n) is 5.35. The van der Waals surface area contributed by atoms with E-state index in [1.54, 1.807) is 0 Å². The Labute approximate surface area is 143 Å². The Balaban J connectivity index is 1.60. The van der Waals surface area contributed by atoms with Crippen LogP contribution in [0.5, 0.6) is 11.5 Å². The van der Waals surface area contributed by atoms with Crippen molar-refractivity contribution in [3.05, 3.63) is 52.5 Å². The van der Waals surface area contributed by atoms with Crippen molar-refractivity contribution in [2.45, 2.75) is 19.3 Å². The minimum absolute atomic E-state index is 0.0183. The zero-order chi connectivity index (χ0) is 16.1. The Hall–Kier alpha value is -2.01. The highest BCUT2D eigenvalue weighted by Gasteiger charge is 2.12. The monoisotopic (exact) mass is 375 g/mol. The molecular weight excluding hydrogens is 358 g/mol. The summed E-state index contributed by atoms with van der Waals surface area (Å²) in [6.07, 6.45) is 1.98. The lowest BCUT2D eigenvalue weighted by Crippen LogP contribution is -2.12. The summed E-state index contributed by atoms with van der Waals surface area (Å²) in [7, 11) is 0. The van der Waals surface area contributed by atoms with Gasteiger partial charge < -0.3 is 14.8 Å². The largest absolute Gasteiger partial charge is 0.490 e. The van der Waals surface area contributed by atoms with Crippen LogP contribution in [0.1, 0.15) is 18.4 Å². The summed E-state index contributed by atoms with van der Waals surface area (Å²) in [6, 6.07) is 13.4. The summed E-state index contributed by atoms with van der Waals surface area (Å²) in [5.74, 6) is 1.40. The zero-order valence-electron chi connectivity index (χ0n) is 12.7. The highest BCUT2D eigenvalue weighted by molar-refractivity contribution is 9.10. The summed E-state index contributed by atoms with van der Waals surface area (Å²) in [5, 5.41) is 2.91. The third kappa shape index (κ3) is 4.26. The van der Waals surface area contributed by atoms with Crippen molar-refractivity contribution >= 4 is 27.5 Å². The summed E-state index contributed by atoms with van der Waals surface area (Å²) < 4.78 is 12.2. The lowest BCUT2D eigenvalue weighted by Gasteiger charge is -2.10. The van der Waals surface area contributed by atoms with Crippen molar-refractivity contribution < 1.29 is 14.3 Å². The number of ether oxygens (including phenoxy) is 2. The lowest BCUT2D eigenvalue weighted by atomic mass is 10.1. The van der Waals surface area contributed by atoms with E-state index in [0.29, 0.717) is 31.8 Å². The van der Waals surface area contributed by atoms with Crippen LogP contribution < -0.4 is 14.8 Å². The van der Waals surface area contributed by atoms with Crippen LogP contribution in [0.4, 0.5) is 5.69 Å². The van der Waals surface area contributed by atoms with Gasteiger partial charge in [0.1, 0.15) is 0 Å². The zero-order valence-corrected chi connectivity index (χ0v) is 14.3. The standard InChI is InChI=1S/C18H18BrNO3/c19-15-5-2-1-4-13(15)6-9-18(21)20-14-7-8-16-17(12-14)23-11-3-10-22-16/h1-2,4-5,7-8,12H,3,6,9-11H2,(H,20,21). The quantitative estimate of drug-likeness (QED) is 0.871. The topological polar surface area (TPSA) is 47.6 Å². The number of carbonyl (C=O) groups excluding carboxylic acids is 1. The number of fused-ring (bicyclic) bond motifs is 1. The number of nitrogens with one attached hydrogen (secondary N) is 1. The third-order valence-corrected chi connectivity index (χ3v) is 4.38. The van der Waals surface area contributed by atoms with Gasteiger partial charge in [-0.3, -0.25) is 4.79 Å². The average molecular weight is 376 g/mol. The fourth-order valence-electron chi connectivity index (χ4n) is 2.41. The van der Waals surface area contributed by atoms with E-state index in [1.165, 1.54) is 0 Å². The van der Waals surface area contributed by atoms with Crippen LogP contribution in [-0.4, -0.2) is 19.1 Å². The Bertz CT molecular complexity index is 702. The van der Waals surface area contributed by atoms with Gasteiger partial charge in [-0.2, -0.15) is 0 Å². The van der Waals surface area contributed by atoms with E-state index >= 15 is 0 Å². The smallest absolute Gasteiger partial charge is 0.224 e. The molecule has 0 saturated heterocycles. The van der Waals surface area contributed by atoms with Gasteiger partial charge in [-0.1, -0.05) is 34.1 Å². The molecule has 5 heteroatoms. The molecule has 1 aliphatic heterocycles. The fraction of sp³-hybridized carbons (Fsp3) is 0.278. The van der Waals surface area contributed by atoms with Crippen molar-refractivity contribution in [3.8, 4) is 11.5 Å². The highest BCUT2D eigenvalue weighted by Crippen LogP contribution is 2.32. The van der Waals surface area contributed by atoms with E-state index in [9.17, 15) is 4.79 Å². The van der Waals surface area contributed by atoms with E-state index in [1.807, 2.05) is 42.5 Å². The predicted molar refractivity (Wildman–Crippen MR) is 93.1 cm³/mol. The van der Waals surface area contributed by atoms with Crippen molar-refractivity contribution in [2.75, 3.05) is 18.5 Å². The third-order valence-electron chi connectivity index (χ3n) is 3.61. The first kappa shape index (κ1) is 15.9. The van der Waals surface area contributed by atoms with E-state index in [4.69, 9.17) is 9.47 Å². The Morgan fingerprint density at radius 1 is 1.09 bits per heavy atom. The minimum atomic E-state index is -0.0183. The van der Waals surface area contributed by atoms with Gasteiger partial charge in [0.05, 0.1) is 13.2 Å². The molecule has 0 spiro atoms. The maximum Gasteiger partial charge on any atom is 0.224 e. The van der Waals surface area contributed by atoms with E-state index in [0.717, 1.165) is 27.9 Å². The maximum absolute atomic E-state index is 12.1. The SMILES string of the molecule is O=C(CCc1ccccc1Br)Nc1ccc2c(c1)OCCCO2. The second-order valence-corrected chi connectivity index (χ2v) is 6.21. The van der Waals surface area contributed by atoms with Gasteiger partial charge in [0.2, 0.25) is 5.91 Å². The first-order valence-corrected chi connectivity index (χ1v) is 8.44. The molecule has 2 aromatic carbocycles. The normalized spacial score (nSPS) is 13.3. The molecule has 1 N–H and O–H groups in total. The molecule has 23 heavy (non-hydrogen) atoms. The first-order valence-electron chi connectivity index (χ1n) is 7.65. The number of halogens is 1. The predicted octanol–water partition coefficient (Wildman–Crippen LogP) is 4.18. The van der Waals surface area contributed by atoms with Crippen LogP contribution in [0.3, 0.4) is 0 Å². The summed E-state index contributed by atoms with van der Waals surface area (Å²) in [6.45, 7) is 1.29. The van der Waals surface area contributed by atoms with Crippen molar-refractivity contribution in [1.82, 2.24) is 0 Å². The number of carbonyl (C=O) groups is 1. The van der Waals surface area contributed by atoms with Crippen LogP contribution in [0.2, 0.25) is 0 Å². The van der Waals surface area contributed by atoms with Gasteiger partial charge in [0, 0.05) is 29.1 Å². The van der Waals surface area contributed by atoms with Crippen LogP contribution in [0.15, 0.2) is 46.9 Å². The number of hydrogen-bond acceptors (Lipinski definition) is 3. The van der Waals surface area contributed by atoms with Crippen molar-refractivity contribution in [3.63, 3.8) is 0 Å². The molecule has 120 valence electrons. The lowest BCUT2D eigenvalue weighted by molar-refractivity contribution is -0.116. The molecule has 0 saturated carbocycles. The summed E-state index contributed by atoms with van der Waals surface area (Å²) in [5.41, 5.74) is 1.85. The van der Waals surface area contributed by atoms with Gasteiger partial charge in [-0.05, 0) is 30.2 Å². The molecule has 0 fully saturated rings. The van der Waals surface area contributed by atoms with Crippen LogP contribution in [-0.2, 0) is 11.2 Å². The van der Waals surface area contributed by atoms with Gasteiger partial charge >= 0.3 is 0 Å². The maximum atomic E-state index is 12.1. The van der Waals surface area contributed by atoms with Gasteiger partial charge in [0.15, 0.2) is 11.5 Å². The molecule has 4 nitrogen and oxygen atoms in total. The molecule has 0 unspecified atom stereocenters. The van der Waals surface area contributed by atoms with Crippen LogP contribution >= 0.6 is 15.9 Å². The van der Waals surface area contributed by atoms with Crippen molar-refractivity contribution in [2.24, 2.45) is 0 Å². The molecule has 0 bridgehead atoms. The van der Waals surface area contributed by atoms with Gasteiger partial charge in [-0.15, -0.1) is 0 Å². The molecule has 0 aliphatic carbocycles. The van der Waals surface area contributed by atoms with E-state index < -0.39 is 0 Å². The molecule has 1 heterocycles. The summed E-state index contributed by atoms with van der Waals surface area (Å²) >= 11 is 3.50. The van der Waals surface area contributed by atoms with Crippen LogP contribution in [0.25, 0.3) is 0 Å². The van der Waals surface area contributed by atoms with Crippen molar-refractivity contribution in [1.29, 1.82) is 0 Å². The Morgan fingerprint density at radius 3 is 2.70 bits per heavy atom. The Kier molecular flexibility index (Phi) is 5.18. The number of benzene rings is 2. The fourth-order valence-corrected chi connectivity index (χ4v) is 2.90. The van der Waals surface area contributed by atoms with Crippen LogP contribution in [0, 0.1) is 0 Å². The number of hydrogen-bond donors (Lipinski definition) is 1. The van der Waals surface area contributed by atoms with Gasteiger partial charge in [0.25, 0.3) is 0 Å². The summed E-state index contributed by atoms with van der Waals surface area (Å²) in [4.78, 5) is 12.1. The molecule has 0 atom stereocenters. The van der Waals surface area contributed by atoms with Gasteiger partial charge in [-0.25, -0.2) is 0 Å². The molecule has 0 radical (unpaired) electrons. The average Bonchev–Trinajstić information content (AvgIpc) is 2.79. The molecular formula is C18H18BrNO3. The number of anilines is 1. The molecule has 0 aromatic heterocycles. The number of aryl methyl sites for hydroxylation is 1. The second kappa shape index (κ2) is 7.51. The van der Waals surface area contributed by atoms with E-state index in [2.05, 4.69) is 21.2 Å². The molecule has 2 aromatic rings. The molecule has 1 aliphatic rings. The molecule has 1 amide bonds. The van der Waals surface area contributed by atoms with E-state index in [-0.39, 0.29) is 5.91 Å².